The molecule has 1 saturated heterocycles. The lowest BCUT2D eigenvalue weighted by molar-refractivity contribution is 0.0839. The third kappa shape index (κ3) is 3.14. The van der Waals surface area contributed by atoms with E-state index < -0.39 is 5.60 Å². The van der Waals surface area contributed by atoms with E-state index in [0.29, 0.717) is 29.3 Å². The summed E-state index contributed by atoms with van der Waals surface area (Å²) in [6.45, 7) is 3.10. The Bertz CT molecular complexity index is 1200. The number of nitrogens with zero attached hydrogens (tertiary/aromatic N) is 4. The van der Waals surface area contributed by atoms with Crippen LogP contribution >= 0.6 is 11.6 Å². The number of β-amino-alcohol motifs (C(OH)–C–C–N with tert-alkyl or cyclic N) is 1. The first-order chi connectivity index (χ1) is 14.0. The average Bonchev–Trinajstić information content (AvgIpc) is 3.31. The molecule has 1 aliphatic rings. The molecule has 1 atom stereocenters. The van der Waals surface area contributed by atoms with Gasteiger partial charge < -0.3 is 14.5 Å². The van der Waals surface area contributed by atoms with Crippen molar-refractivity contribution >= 4 is 28.4 Å². The molecule has 3 heterocycles. The van der Waals surface area contributed by atoms with Crippen LogP contribution in [0.4, 0.5) is 5.82 Å². The normalized spacial score (nSPS) is 19.2. The molecule has 2 aromatic heterocycles. The van der Waals surface area contributed by atoms with E-state index in [-0.39, 0.29) is 0 Å². The van der Waals surface area contributed by atoms with Gasteiger partial charge in [-0.2, -0.15) is 0 Å². The molecule has 6 nitrogen and oxygen atoms in total. The van der Waals surface area contributed by atoms with E-state index in [9.17, 15) is 5.11 Å². The van der Waals surface area contributed by atoms with Crippen LogP contribution in [0.1, 0.15) is 13.3 Å². The maximum atomic E-state index is 10.4. The van der Waals surface area contributed by atoms with Crippen molar-refractivity contribution in [3.63, 3.8) is 0 Å². The van der Waals surface area contributed by atoms with Gasteiger partial charge >= 0.3 is 0 Å². The summed E-state index contributed by atoms with van der Waals surface area (Å²) in [5.74, 6) is 0.779. The fourth-order valence-electron chi connectivity index (χ4n) is 3.91. The van der Waals surface area contributed by atoms with Gasteiger partial charge in [0.25, 0.3) is 0 Å². The predicted molar refractivity (Wildman–Crippen MR) is 113 cm³/mol. The van der Waals surface area contributed by atoms with Crippen molar-refractivity contribution in [2.24, 2.45) is 0 Å². The van der Waals surface area contributed by atoms with E-state index in [1.807, 2.05) is 49.4 Å². The van der Waals surface area contributed by atoms with E-state index in [0.717, 1.165) is 34.4 Å². The predicted octanol–water partition coefficient (Wildman–Crippen LogP) is 4.57. The third-order valence-electron chi connectivity index (χ3n) is 5.36. The van der Waals surface area contributed by atoms with Gasteiger partial charge in [-0.05, 0) is 25.5 Å². The number of fused-ring (bicyclic) bond motifs is 1. The second-order valence-electron chi connectivity index (χ2n) is 7.62. The standard InChI is InChI=1S/C22H19ClN4O2/c1-22(28)9-10-27(12-22)21-17(11-24-13-25-21)14-6-4-7-16-19(26-29-20(14)16)15-5-2-3-8-18(15)23/h2-8,11,13,28H,9-10,12H2,1H3/t22-/m1/s1. The van der Waals surface area contributed by atoms with Crippen LogP contribution in [-0.2, 0) is 0 Å². The van der Waals surface area contributed by atoms with Crippen molar-refractivity contribution in [1.82, 2.24) is 15.1 Å². The minimum Gasteiger partial charge on any atom is -0.388 e. The first kappa shape index (κ1) is 18.1. The molecule has 7 heteroatoms. The van der Waals surface area contributed by atoms with E-state index in [1.54, 1.807) is 6.20 Å². The Balaban J connectivity index is 1.66. The van der Waals surface area contributed by atoms with Crippen molar-refractivity contribution in [1.29, 1.82) is 0 Å². The van der Waals surface area contributed by atoms with Crippen LogP contribution < -0.4 is 4.90 Å². The van der Waals surface area contributed by atoms with Crippen molar-refractivity contribution in [3.05, 3.63) is 60.0 Å². The minimum absolute atomic E-state index is 0.522. The van der Waals surface area contributed by atoms with Crippen LogP contribution in [0.3, 0.4) is 0 Å². The molecule has 0 unspecified atom stereocenters. The SMILES string of the molecule is C[C@@]1(O)CCN(c2ncncc2-c2cccc3c(-c4ccccc4Cl)noc23)C1. The minimum atomic E-state index is -0.725. The van der Waals surface area contributed by atoms with Gasteiger partial charge in [-0.15, -0.1) is 0 Å². The number of para-hydroxylation sites is 1. The highest BCUT2D eigenvalue weighted by Gasteiger charge is 2.33. The van der Waals surface area contributed by atoms with Crippen molar-refractivity contribution in [2.45, 2.75) is 18.9 Å². The Morgan fingerprint density at radius 3 is 2.72 bits per heavy atom. The molecule has 2 aromatic carbocycles. The molecule has 1 fully saturated rings. The number of anilines is 1. The molecule has 5 rings (SSSR count). The molecular weight excluding hydrogens is 388 g/mol. The Kier molecular flexibility index (Phi) is 4.26. The molecule has 29 heavy (non-hydrogen) atoms. The Hall–Kier alpha value is -2.96. The van der Waals surface area contributed by atoms with Crippen molar-refractivity contribution in [3.8, 4) is 22.4 Å². The monoisotopic (exact) mass is 406 g/mol. The smallest absolute Gasteiger partial charge is 0.175 e. The van der Waals surface area contributed by atoms with Gasteiger partial charge in [-0.25, -0.2) is 9.97 Å². The maximum absolute atomic E-state index is 10.4. The molecule has 0 radical (unpaired) electrons. The molecule has 0 aliphatic carbocycles. The second kappa shape index (κ2) is 6.83. The first-order valence-electron chi connectivity index (χ1n) is 9.44. The van der Waals surface area contributed by atoms with Crippen LogP contribution in [0.2, 0.25) is 5.02 Å². The van der Waals surface area contributed by atoms with Gasteiger partial charge in [0.2, 0.25) is 0 Å². The van der Waals surface area contributed by atoms with Crippen LogP contribution in [-0.4, -0.2) is 38.9 Å². The molecule has 0 bridgehead atoms. The number of hydrogen-bond donors (Lipinski definition) is 1. The maximum Gasteiger partial charge on any atom is 0.175 e. The van der Waals surface area contributed by atoms with Crippen molar-refractivity contribution < 1.29 is 9.63 Å². The zero-order chi connectivity index (χ0) is 20.0. The van der Waals surface area contributed by atoms with Gasteiger partial charge in [0, 0.05) is 36.0 Å². The number of hydrogen-bond acceptors (Lipinski definition) is 6. The van der Waals surface area contributed by atoms with Gasteiger partial charge in [-0.1, -0.05) is 47.1 Å². The largest absolute Gasteiger partial charge is 0.388 e. The van der Waals surface area contributed by atoms with Gasteiger partial charge in [0.05, 0.1) is 16.0 Å². The van der Waals surface area contributed by atoms with E-state index >= 15 is 0 Å². The van der Waals surface area contributed by atoms with Crippen LogP contribution in [0, 0.1) is 0 Å². The summed E-state index contributed by atoms with van der Waals surface area (Å²) in [6, 6.07) is 13.5. The highest BCUT2D eigenvalue weighted by atomic mass is 35.5. The lowest BCUT2D eigenvalue weighted by atomic mass is 10.0. The zero-order valence-corrected chi connectivity index (χ0v) is 16.6. The number of aliphatic hydroxyl groups is 1. The molecule has 0 amide bonds. The lowest BCUT2D eigenvalue weighted by Crippen LogP contribution is -2.30. The molecular formula is C22H19ClN4O2. The first-order valence-corrected chi connectivity index (χ1v) is 9.82. The Labute approximate surface area is 172 Å². The van der Waals surface area contributed by atoms with E-state index in [4.69, 9.17) is 16.1 Å². The molecule has 0 spiro atoms. The average molecular weight is 407 g/mol. The Morgan fingerprint density at radius 1 is 1.10 bits per heavy atom. The highest BCUT2D eigenvalue weighted by molar-refractivity contribution is 6.33. The summed E-state index contributed by atoms with van der Waals surface area (Å²) in [6.07, 6.45) is 4.00. The van der Waals surface area contributed by atoms with Gasteiger partial charge in [0.1, 0.15) is 17.8 Å². The molecule has 1 aliphatic heterocycles. The summed E-state index contributed by atoms with van der Waals surface area (Å²) < 4.78 is 5.77. The third-order valence-corrected chi connectivity index (χ3v) is 5.69. The number of aromatic nitrogens is 3. The van der Waals surface area contributed by atoms with E-state index in [1.165, 1.54) is 6.33 Å². The quantitative estimate of drug-likeness (QED) is 0.537. The second-order valence-corrected chi connectivity index (χ2v) is 8.03. The Morgan fingerprint density at radius 2 is 1.93 bits per heavy atom. The molecule has 4 aromatic rings. The summed E-state index contributed by atoms with van der Waals surface area (Å²) >= 11 is 6.38. The fourth-order valence-corrected chi connectivity index (χ4v) is 4.14. The summed E-state index contributed by atoms with van der Waals surface area (Å²) in [5, 5.41) is 16.2. The number of halogens is 1. The zero-order valence-electron chi connectivity index (χ0n) is 15.8. The molecule has 0 saturated carbocycles. The molecule has 1 N–H and O–H groups in total. The van der Waals surface area contributed by atoms with Crippen LogP contribution in [0.15, 0.2) is 59.5 Å². The molecule has 146 valence electrons. The number of benzene rings is 2. The van der Waals surface area contributed by atoms with Gasteiger partial charge in [-0.3, -0.25) is 0 Å². The summed E-state index contributed by atoms with van der Waals surface area (Å²) in [5.41, 5.74) is 3.16. The topological polar surface area (TPSA) is 75.3 Å². The summed E-state index contributed by atoms with van der Waals surface area (Å²) in [4.78, 5) is 10.8. The number of rotatable bonds is 3. The van der Waals surface area contributed by atoms with Crippen LogP contribution in [0.25, 0.3) is 33.4 Å². The van der Waals surface area contributed by atoms with Gasteiger partial charge in [0.15, 0.2) is 5.58 Å². The van der Waals surface area contributed by atoms with Crippen LogP contribution in [0.5, 0.6) is 0 Å². The van der Waals surface area contributed by atoms with E-state index in [2.05, 4.69) is 20.0 Å². The summed E-state index contributed by atoms with van der Waals surface area (Å²) in [7, 11) is 0. The fraction of sp³-hybridized carbons (Fsp3) is 0.227. The highest BCUT2D eigenvalue weighted by Crippen LogP contribution is 2.40. The van der Waals surface area contributed by atoms with Crippen molar-refractivity contribution in [2.75, 3.05) is 18.0 Å². The lowest BCUT2D eigenvalue weighted by Gasteiger charge is -2.22.